The lowest BCUT2D eigenvalue weighted by atomic mass is 10.1. The van der Waals surface area contributed by atoms with Gasteiger partial charge >= 0.3 is 6.61 Å². The van der Waals surface area contributed by atoms with Crippen LogP contribution in [0.3, 0.4) is 0 Å². The molecule has 19 heavy (non-hydrogen) atoms. The molecule has 1 rings (SSSR count). The van der Waals surface area contributed by atoms with Crippen LogP contribution in [0.2, 0.25) is 0 Å². The van der Waals surface area contributed by atoms with E-state index < -0.39 is 6.61 Å². The fraction of sp³-hybridized carbons (Fsp3) is 0.462. The number of amides is 1. The van der Waals surface area contributed by atoms with Crippen molar-refractivity contribution in [2.75, 3.05) is 0 Å². The highest BCUT2D eigenvalue weighted by molar-refractivity contribution is 5.74. The highest BCUT2D eigenvalue weighted by atomic mass is 19.3. The van der Waals surface area contributed by atoms with Gasteiger partial charge in [-0.25, -0.2) is 0 Å². The molecule has 0 aromatic heterocycles. The normalized spacial score (nSPS) is 14.2. The lowest BCUT2D eigenvalue weighted by molar-refractivity contribution is -0.118. The van der Waals surface area contributed by atoms with E-state index in [0.29, 0.717) is 0 Å². The Morgan fingerprint density at radius 1 is 1.42 bits per heavy atom. The van der Waals surface area contributed by atoms with Gasteiger partial charge in [-0.05, 0) is 31.5 Å². The Morgan fingerprint density at radius 2 is 2.11 bits per heavy atom. The molecule has 0 saturated heterocycles. The van der Waals surface area contributed by atoms with Gasteiger partial charge in [0.05, 0.1) is 0 Å². The van der Waals surface area contributed by atoms with Gasteiger partial charge in [-0.1, -0.05) is 12.1 Å². The number of carbonyl (C=O) groups excluding carboxylic acids is 1. The summed E-state index contributed by atoms with van der Waals surface area (Å²) in [5, 5.41) is 3.16. The van der Waals surface area contributed by atoms with Crippen LogP contribution in [0.4, 0.5) is 8.78 Å². The molecule has 1 aromatic rings. The third-order valence-electron chi connectivity index (χ3n) is 2.63. The van der Waals surface area contributed by atoms with Gasteiger partial charge in [-0.15, -0.1) is 0 Å². The van der Waals surface area contributed by atoms with Crippen LogP contribution in [-0.4, -0.2) is 18.6 Å². The fourth-order valence-electron chi connectivity index (χ4n) is 1.84. The van der Waals surface area contributed by atoms with E-state index in [9.17, 15) is 13.6 Å². The molecule has 0 aliphatic heterocycles. The van der Waals surface area contributed by atoms with E-state index in [-0.39, 0.29) is 30.2 Å². The molecule has 1 aromatic carbocycles. The Morgan fingerprint density at radius 3 is 2.68 bits per heavy atom. The van der Waals surface area contributed by atoms with Crippen LogP contribution in [0, 0.1) is 0 Å². The molecule has 0 heterocycles. The number of benzene rings is 1. The summed E-state index contributed by atoms with van der Waals surface area (Å²) in [6.45, 7) is 0.868. The second kappa shape index (κ2) is 7.04. The molecular formula is C13H18F2N2O2. The third kappa shape index (κ3) is 5.65. The van der Waals surface area contributed by atoms with E-state index in [1.54, 1.807) is 18.2 Å². The number of nitrogens with one attached hydrogen (secondary N) is 1. The number of ether oxygens (including phenoxy) is 1. The molecule has 2 unspecified atom stereocenters. The number of alkyl halides is 2. The largest absolute Gasteiger partial charge is 0.435 e. The lowest BCUT2D eigenvalue weighted by Gasteiger charge is -2.20. The maximum Gasteiger partial charge on any atom is 0.387 e. The van der Waals surface area contributed by atoms with Gasteiger partial charge in [0.1, 0.15) is 5.75 Å². The van der Waals surface area contributed by atoms with E-state index in [2.05, 4.69) is 10.1 Å². The van der Waals surface area contributed by atoms with Crippen LogP contribution in [0.1, 0.15) is 31.9 Å². The summed E-state index contributed by atoms with van der Waals surface area (Å²) in [4.78, 5) is 10.8. The molecule has 106 valence electrons. The predicted molar refractivity (Wildman–Crippen MR) is 67.9 cm³/mol. The monoisotopic (exact) mass is 272 g/mol. The highest BCUT2D eigenvalue weighted by Gasteiger charge is 2.12. The SMILES string of the molecule is CC(CC(N)=O)NC(C)c1cccc(OC(F)F)c1. The molecule has 0 fully saturated rings. The lowest BCUT2D eigenvalue weighted by Crippen LogP contribution is -2.32. The smallest absolute Gasteiger partial charge is 0.387 e. The van der Waals surface area contributed by atoms with Crippen molar-refractivity contribution in [3.8, 4) is 5.75 Å². The van der Waals surface area contributed by atoms with Crippen LogP contribution in [0.5, 0.6) is 5.75 Å². The van der Waals surface area contributed by atoms with Crippen LogP contribution < -0.4 is 15.8 Å². The molecule has 3 N–H and O–H groups in total. The van der Waals surface area contributed by atoms with Gasteiger partial charge in [0, 0.05) is 18.5 Å². The van der Waals surface area contributed by atoms with Gasteiger partial charge in [0.15, 0.2) is 0 Å². The average Bonchev–Trinajstić information content (AvgIpc) is 2.27. The predicted octanol–water partition coefficient (Wildman–Crippen LogP) is 2.20. The molecule has 4 nitrogen and oxygen atoms in total. The first-order valence-electron chi connectivity index (χ1n) is 5.97. The van der Waals surface area contributed by atoms with E-state index in [1.165, 1.54) is 6.07 Å². The third-order valence-corrected chi connectivity index (χ3v) is 2.63. The Kier molecular flexibility index (Phi) is 5.69. The molecule has 0 spiro atoms. The van der Waals surface area contributed by atoms with Gasteiger partial charge in [0.2, 0.25) is 5.91 Å². The topological polar surface area (TPSA) is 64.4 Å². The summed E-state index contributed by atoms with van der Waals surface area (Å²) >= 11 is 0. The second-order valence-corrected chi connectivity index (χ2v) is 4.41. The molecule has 6 heteroatoms. The average molecular weight is 272 g/mol. The Bertz CT molecular complexity index is 427. The van der Waals surface area contributed by atoms with Gasteiger partial charge in [-0.2, -0.15) is 8.78 Å². The first-order chi connectivity index (χ1) is 8.88. The molecule has 2 atom stereocenters. The van der Waals surface area contributed by atoms with E-state index >= 15 is 0 Å². The number of hydrogen-bond donors (Lipinski definition) is 2. The van der Waals surface area contributed by atoms with E-state index in [1.807, 2.05) is 13.8 Å². The van der Waals surface area contributed by atoms with Gasteiger partial charge in [0.25, 0.3) is 0 Å². The van der Waals surface area contributed by atoms with Crippen molar-refractivity contribution in [3.63, 3.8) is 0 Å². The zero-order chi connectivity index (χ0) is 14.4. The molecule has 0 saturated carbocycles. The van der Waals surface area contributed by atoms with Crippen molar-refractivity contribution in [2.24, 2.45) is 5.73 Å². The number of primary amides is 1. The van der Waals surface area contributed by atoms with E-state index in [4.69, 9.17) is 5.73 Å². The summed E-state index contributed by atoms with van der Waals surface area (Å²) in [5.74, 6) is -0.273. The minimum Gasteiger partial charge on any atom is -0.435 e. The summed E-state index contributed by atoms with van der Waals surface area (Å²) in [6, 6.07) is 6.26. The van der Waals surface area contributed by atoms with Crippen molar-refractivity contribution in [1.82, 2.24) is 5.32 Å². The van der Waals surface area contributed by atoms with Crippen molar-refractivity contribution in [1.29, 1.82) is 0 Å². The first-order valence-corrected chi connectivity index (χ1v) is 5.97. The summed E-state index contributed by atoms with van der Waals surface area (Å²) < 4.78 is 28.6. The zero-order valence-electron chi connectivity index (χ0n) is 10.9. The Labute approximate surface area is 110 Å². The van der Waals surface area contributed by atoms with Gasteiger partial charge in [-0.3, -0.25) is 4.79 Å². The molecule has 0 aliphatic rings. The summed E-state index contributed by atoms with van der Waals surface area (Å²) in [6.07, 6.45) is 0.220. The molecule has 0 bridgehead atoms. The highest BCUT2D eigenvalue weighted by Crippen LogP contribution is 2.21. The number of nitrogens with two attached hydrogens (primary N) is 1. The molecular weight excluding hydrogens is 254 g/mol. The van der Waals surface area contributed by atoms with Crippen molar-refractivity contribution >= 4 is 5.91 Å². The van der Waals surface area contributed by atoms with E-state index in [0.717, 1.165) is 5.56 Å². The Hall–Kier alpha value is -1.69. The van der Waals surface area contributed by atoms with Crippen LogP contribution >= 0.6 is 0 Å². The minimum absolute atomic E-state index is 0.0906. The van der Waals surface area contributed by atoms with Crippen molar-refractivity contribution in [3.05, 3.63) is 29.8 Å². The first kappa shape index (κ1) is 15.4. The number of rotatable bonds is 7. The van der Waals surface area contributed by atoms with Crippen LogP contribution in [0.15, 0.2) is 24.3 Å². The second-order valence-electron chi connectivity index (χ2n) is 4.41. The van der Waals surface area contributed by atoms with Crippen LogP contribution in [-0.2, 0) is 4.79 Å². The molecule has 0 aliphatic carbocycles. The summed E-state index contributed by atoms with van der Waals surface area (Å²) in [5.41, 5.74) is 5.90. The Balaban J connectivity index is 2.65. The summed E-state index contributed by atoms with van der Waals surface area (Å²) in [7, 11) is 0. The number of carbonyl (C=O) groups is 1. The molecule has 0 radical (unpaired) electrons. The van der Waals surface area contributed by atoms with Crippen molar-refractivity contribution in [2.45, 2.75) is 39.0 Å². The zero-order valence-corrected chi connectivity index (χ0v) is 10.9. The number of hydrogen-bond acceptors (Lipinski definition) is 3. The molecule has 1 amide bonds. The maximum atomic E-state index is 12.1. The maximum absolute atomic E-state index is 12.1. The minimum atomic E-state index is -2.84. The standard InChI is InChI=1S/C13H18F2N2O2/c1-8(6-12(16)18)17-9(2)10-4-3-5-11(7-10)19-13(14)15/h3-5,7-9,13,17H,6H2,1-2H3,(H2,16,18). The number of halogens is 2. The van der Waals surface area contributed by atoms with Gasteiger partial charge < -0.3 is 15.8 Å². The quantitative estimate of drug-likeness (QED) is 0.799. The van der Waals surface area contributed by atoms with Crippen LogP contribution in [0.25, 0.3) is 0 Å². The van der Waals surface area contributed by atoms with Crippen molar-refractivity contribution < 1.29 is 18.3 Å². The fourth-order valence-corrected chi connectivity index (χ4v) is 1.84.